The molecule has 2 atom stereocenters. The summed E-state index contributed by atoms with van der Waals surface area (Å²) in [4.78, 5) is 12.1. The van der Waals surface area contributed by atoms with Crippen LogP contribution in [0.15, 0.2) is 35.4 Å². The van der Waals surface area contributed by atoms with E-state index in [-0.39, 0.29) is 12.0 Å². The van der Waals surface area contributed by atoms with Crippen LogP contribution in [0.25, 0.3) is 0 Å². The fourth-order valence-corrected chi connectivity index (χ4v) is 2.04. The van der Waals surface area contributed by atoms with E-state index in [0.717, 1.165) is 5.56 Å². The van der Waals surface area contributed by atoms with Gasteiger partial charge in [-0.25, -0.2) is 4.79 Å². The number of carbonyl (C=O) groups excluding carboxylic acids is 1. The number of methoxy groups -OCH3 is 1. The largest absolute Gasteiger partial charge is 0.467 e. The number of hydrogen-bond donors (Lipinski definition) is 1. The van der Waals surface area contributed by atoms with Crippen LogP contribution in [0.3, 0.4) is 0 Å². The molecule has 0 bridgehead atoms. The Bertz CT molecular complexity index is 486. The van der Waals surface area contributed by atoms with Gasteiger partial charge in [-0.2, -0.15) is 5.10 Å². The lowest BCUT2D eigenvalue weighted by atomic mass is 9.99. The van der Waals surface area contributed by atoms with Crippen LogP contribution in [0.2, 0.25) is 0 Å². The number of esters is 1. The number of hydrazone groups is 1. The number of nitrogens with zero attached hydrogens (tertiary/aromatic N) is 1. The number of ether oxygens (including phenoxy) is 2. The van der Waals surface area contributed by atoms with Crippen molar-refractivity contribution in [1.82, 2.24) is 5.43 Å². The molecule has 0 saturated heterocycles. The van der Waals surface area contributed by atoms with Crippen molar-refractivity contribution in [2.45, 2.75) is 46.4 Å². The summed E-state index contributed by atoms with van der Waals surface area (Å²) in [5, 5.41) is 4.22. The van der Waals surface area contributed by atoms with Crippen LogP contribution in [0.4, 0.5) is 0 Å². The van der Waals surface area contributed by atoms with Crippen LogP contribution >= 0.6 is 0 Å². The van der Waals surface area contributed by atoms with Crippen molar-refractivity contribution in [3.63, 3.8) is 0 Å². The molecule has 0 aliphatic carbocycles. The van der Waals surface area contributed by atoms with E-state index < -0.39 is 12.1 Å². The van der Waals surface area contributed by atoms with Gasteiger partial charge >= 0.3 is 5.97 Å². The number of carbonyl (C=O) groups is 1. The Hall–Kier alpha value is -1.88. The van der Waals surface area contributed by atoms with Crippen molar-refractivity contribution in [2.24, 2.45) is 16.9 Å². The molecule has 23 heavy (non-hydrogen) atoms. The molecule has 0 unspecified atom stereocenters. The predicted octanol–water partition coefficient (Wildman–Crippen LogP) is 3.00. The molecule has 5 heteroatoms. The van der Waals surface area contributed by atoms with Gasteiger partial charge in [-0.15, -0.1) is 0 Å². The molecule has 0 spiro atoms. The van der Waals surface area contributed by atoms with Crippen LogP contribution in [0.5, 0.6) is 0 Å². The first-order valence-electron chi connectivity index (χ1n) is 7.97. The summed E-state index contributed by atoms with van der Waals surface area (Å²) in [6.07, 6.45) is 1.09. The number of benzene rings is 1. The summed E-state index contributed by atoms with van der Waals surface area (Å²) in [5.41, 5.74) is 4.05. The summed E-state index contributed by atoms with van der Waals surface area (Å²) >= 11 is 0. The second-order valence-corrected chi connectivity index (χ2v) is 6.16. The minimum atomic E-state index is -0.718. The summed E-state index contributed by atoms with van der Waals surface area (Å²) in [6, 6.07) is 9.49. The van der Waals surface area contributed by atoms with Crippen molar-refractivity contribution in [1.29, 1.82) is 0 Å². The molecule has 1 N–H and O–H groups in total. The molecular weight excluding hydrogens is 292 g/mol. The van der Waals surface area contributed by atoms with E-state index in [0.29, 0.717) is 12.5 Å². The number of rotatable bonds is 9. The predicted molar refractivity (Wildman–Crippen MR) is 92.1 cm³/mol. The summed E-state index contributed by atoms with van der Waals surface area (Å²) in [5.74, 6) is 0.0863. The van der Waals surface area contributed by atoms with E-state index >= 15 is 0 Å². The van der Waals surface area contributed by atoms with Gasteiger partial charge in [-0.3, -0.25) is 0 Å². The van der Waals surface area contributed by atoms with Crippen molar-refractivity contribution in [2.75, 3.05) is 7.11 Å². The minimum Gasteiger partial charge on any atom is -0.467 e. The second kappa shape index (κ2) is 10.0. The molecule has 0 radical (unpaired) electrons. The van der Waals surface area contributed by atoms with Crippen molar-refractivity contribution >= 4 is 12.2 Å². The Morgan fingerprint density at radius 3 is 2.39 bits per heavy atom. The van der Waals surface area contributed by atoms with E-state index in [1.165, 1.54) is 7.11 Å². The maximum atomic E-state index is 12.1. The second-order valence-electron chi connectivity index (χ2n) is 6.16. The van der Waals surface area contributed by atoms with Crippen molar-refractivity contribution in [3.05, 3.63) is 35.9 Å². The van der Waals surface area contributed by atoms with Gasteiger partial charge in [0.15, 0.2) is 6.10 Å². The molecule has 0 saturated carbocycles. The smallest absolute Gasteiger partial charge is 0.337 e. The van der Waals surface area contributed by atoms with Crippen LogP contribution < -0.4 is 5.43 Å². The zero-order valence-corrected chi connectivity index (χ0v) is 14.7. The van der Waals surface area contributed by atoms with E-state index in [4.69, 9.17) is 9.47 Å². The molecule has 1 aromatic rings. The van der Waals surface area contributed by atoms with Gasteiger partial charge in [-0.1, -0.05) is 58.0 Å². The van der Waals surface area contributed by atoms with E-state index in [9.17, 15) is 4.79 Å². The average Bonchev–Trinajstić information content (AvgIpc) is 2.53. The Morgan fingerprint density at radius 2 is 1.87 bits per heavy atom. The highest BCUT2D eigenvalue weighted by atomic mass is 16.6. The van der Waals surface area contributed by atoms with E-state index in [1.807, 2.05) is 58.0 Å². The van der Waals surface area contributed by atoms with Crippen LogP contribution in [0, 0.1) is 11.8 Å². The van der Waals surface area contributed by atoms with Crippen LogP contribution in [0.1, 0.15) is 33.3 Å². The van der Waals surface area contributed by atoms with Gasteiger partial charge in [0.1, 0.15) is 0 Å². The molecule has 0 aliphatic heterocycles. The Kier molecular flexibility index (Phi) is 8.33. The first kappa shape index (κ1) is 19.2. The summed E-state index contributed by atoms with van der Waals surface area (Å²) < 4.78 is 10.8. The highest BCUT2D eigenvalue weighted by molar-refractivity contribution is 5.75. The summed E-state index contributed by atoms with van der Waals surface area (Å²) in [6.45, 7) is 8.46. The van der Waals surface area contributed by atoms with Gasteiger partial charge in [0, 0.05) is 6.21 Å². The number of hydrogen-bond acceptors (Lipinski definition) is 5. The normalized spacial score (nSPS) is 14.2. The Morgan fingerprint density at radius 1 is 1.22 bits per heavy atom. The third kappa shape index (κ3) is 6.82. The molecule has 0 aliphatic rings. The zero-order valence-electron chi connectivity index (χ0n) is 14.7. The SMILES string of the molecule is COC(=O)[C@H](OCc1ccccc1)[C@H](N/N=C/C(C)C)C(C)C. The van der Waals surface area contributed by atoms with E-state index in [2.05, 4.69) is 10.5 Å². The topological polar surface area (TPSA) is 59.9 Å². The quantitative estimate of drug-likeness (QED) is 0.432. The third-order valence-electron chi connectivity index (χ3n) is 3.35. The lowest BCUT2D eigenvalue weighted by molar-refractivity contribution is -0.158. The first-order chi connectivity index (χ1) is 11.0. The maximum Gasteiger partial charge on any atom is 0.337 e. The highest BCUT2D eigenvalue weighted by Crippen LogP contribution is 2.14. The number of nitrogens with one attached hydrogen (secondary N) is 1. The van der Waals surface area contributed by atoms with Gasteiger partial charge < -0.3 is 14.9 Å². The highest BCUT2D eigenvalue weighted by Gasteiger charge is 2.32. The van der Waals surface area contributed by atoms with Crippen LogP contribution in [-0.4, -0.2) is 31.4 Å². The lowest BCUT2D eigenvalue weighted by Crippen LogP contribution is -2.47. The molecule has 0 amide bonds. The van der Waals surface area contributed by atoms with Gasteiger partial charge in [-0.05, 0) is 17.4 Å². The molecule has 0 fully saturated rings. The van der Waals surface area contributed by atoms with Crippen LogP contribution in [-0.2, 0) is 20.9 Å². The van der Waals surface area contributed by atoms with Gasteiger partial charge in [0.05, 0.1) is 19.8 Å². The van der Waals surface area contributed by atoms with Gasteiger partial charge in [0.25, 0.3) is 0 Å². The van der Waals surface area contributed by atoms with Gasteiger partial charge in [0.2, 0.25) is 0 Å². The molecule has 0 heterocycles. The first-order valence-corrected chi connectivity index (χ1v) is 7.97. The van der Waals surface area contributed by atoms with Crippen molar-refractivity contribution < 1.29 is 14.3 Å². The molecule has 1 aromatic carbocycles. The molecule has 1 rings (SSSR count). The summed E-state index contributed by atoms with van der Waals surface area (Å²) in [7, 11) is 1.37. The average molecular weight is 320 g/mol. The monoisotopic (exact) mass is 320 g/mol. The standard InChI is InChI=1S/C18H28N2O3/c1-13(2)11-19-20-16(14(3)4)17(18(21)22-5)23-12-15-9-7-6-8-10-15/h6-11,13-14,16-17,20H,12H2,1-5H3/b19-11+/t16-,17-/m1/s1. The molecule has 5 nitrogen and oxygen atoms in total. The molecular formula is C18H28N2O3. The van der Waals surface area contributed by atoms with E-state index in [1.54, 1.807) is 6.21 Å². The fraction of sp³-hybridized carbons (Fsp3) is 0.556. The third-order valence-corrected chi connectivity index (χ3v) is 3.35. The maximum absolute atomic E-state index is 12.1. The zero-order chi connectivity index (χ0) is 17.2. The molecule has 0 aromatic heterocycles. The van der Waals surface area contributed by atoms with Crippen molar-refractivity contribution in [3.8, 4) is 0 Å². The fourth-order valence-electron chi connectivity index (χ4n) is 2.04. The lowest BCUT2D eigenvalue weighted by Gasteiger charge is -2.28. The minimum absolute atomic E-state index is 0.152. The Balaban J connectivity index is 2.81. The molecule has 128 valence electrons. The Labute approximate surface area is 139 Å².